The van der Waals surface area contributed by atoms with Crippen LogP contribution < -0.4 is 5.32 Å². The van der Waals surface area contributed by atoms with Crippen LogP contribution in [0, 0.1) is 0 Å². The molecule has 200 valence electrons. The van der Waals surface area contributed by atoms with Crippen LogP contribution in [0.1, 0.15) is 47.6 Å². The van der Waals surface area contributed by atoms with Gasteiger partial charge in [0.25, 0.3) is 0 Å². The summed E-state index contributed by atoms with van der Waals surface area (Å²) < 4.78 is 4.53. The summed E-state index contributed by atoms with van der Waals surface area (Å²) >= 11 is 1.44. The van der Waals surface area contributed by atoms with Crippen LogP contribution >= 0.6 is 11.8 Å². The largest absolute Gasteiger partial charge is 0.481 e. The normalized spacial score (nSPS) is 12.4. The predicted molar refractivity (Wildman–Crippen MR) is 148 cm³/mol. The van der Waals surface area contributed by atoms with Crippen LogP contribution in [0.2, 0.25) is 0 Å². The van der Waals surface area contributed by atoms with Gasteiger partial charge in [0, 0.05) is 17.0 Å². The Balaban J connectivity index is 1.73. The van der Waals surface area contributed by atoms with Gasteiger partial charge >= 0.3 is 11.9 Å². The number of carboxylic acid groups (broad SMARTS) is 1. The van der Waals surface area contributed by atoms with E-state index in [9.17, 15) is 19.5 Å². The van der Waals surface area contributed by atoms with Crippen LogP contribution in [-0.2, 0) is 32.0 Å². The van der Waals surface area contributed by atoms with E-state index >= 15 is 0 Å². The van der Waals surface area contributed by atoms with Gasteiger partial charge < -0.3 is 20.3 Å². The number of methoxy groups -OCH3 is 1. The lowest BCUT2D eigenvalue weighted by Crippen LogP contribution is -2.17. The van der Waals surface area contributed by atoms with Gasteiger partial charge in [0.05, 0.1) is 18.5 Å². The van der Waals surface area contributed by atoms with Crippen LogP contribution in [0.4, 0.5) is 5.69 Å². The van der Waals surface area contributed by atoms with Gasteiger partial charge in [-0.05, 0) is 60.6 Å². The van der Waals surface area contributed by atoms with E-state index in [4.69, 9.17) is 5.11 Å². The number of aryl methyl sites for hydroxylation is 2. The number of rotatable bonds is 14. The fourth-order valence-corrected chi connectivity index (χ4v) is 5.22. The van der Waals surface area contributed by atoms with Crippen LogP contribution in [0.25, 0.3) is 0 Å². The van der Waals surface area contributed by atoms with E-state index in [1.54, 1.807) is 18.2 Å². The third-order valence-corrected chi connectivity index (χ3v) is 7.37. The number of anilines is 1. The van der Waals surface area contributed by atoms with Gasteiger partial charge in [-0.2, -0.15) is 0 Å². The molecule has 0 aromatic heterocycles. The quantitative estimate of drug-likeness (QED) is 0.143. The highest BCUT2D eigenvalue weighted by molar-refractivity contribution is 7.99. The first-order chi connectivity index (χ1) is 18.3. The van der Waals surface area contributed by atoms with Gasteiger partial charge in [0.1, 0.15) is 6.42 Å². The zero-order valence-corrected chi connectivity index (χ0v) is 22.2. The second kappa shape index (κ2) is 15.0. The van der Waals surface area contributed by atoms with Crippen LogP contribution in [0.15, 0.2) is 83.8 Å². The third kappa shape index (κ3) is 9.68. The Hall–Kier alpha value is -3.62. The maximum Gasteiger partial charge on any atom is 0.315 e. The van der Waals surface area contributed by atoms with E-state index < -0.39 is 23.9 Å². The molecule has 0 radical (unpaired) electrons. The minimum Gasteiger partial charge on any atom is -0.481 e. The molecule has 0 aliphatic carbocycles. The van der Waals surface area contributed by atoms with Crippen molar-refractivity contribution in [3.05, 3.63) is 95.6 Å². The molecule has 0 saturated carbocycles. The van der Waals surface area contributed by atoms with E-state index in [0.717, 1.165) is 23.3 Å². The summed E-state index contributed by atoms with van der Waals surface area (Å²) in [4.78, 5) is 35.2. The summed E-state index contributed by atoms with van der Waals surface area (Å²) in [6, 6.07) is 25.6. The number of hydrogen-bond donors (Lipinski definition) is 3. The van der Waals surface area contributed by atoms with E-state index in [2.05, 4.69) is 34.3 Å². The fourth-order valence-electron chi connectivity index (χ4n) is 3.99. The Morgan fingerprint density at radius 1 is 0.921 bits per heavy atom. The molecular weight excluding hydrogens is 502 g/mol. The van der Waals surface area contributed by atoms with Gasteiger partial charge in [-0.1, -0.05) is 60.7 Å². The number of nitrogens with one attached hydrogen (secondary N) is 1. The number of aliphatic hydroxyl groups excluding tert-OH is 1. The molecule has 7 nitrogen and oxygen atoms in total. The maximum atomic E-state index is 12.1. The average Bonchev–Trinajstić information content (AvgIpc) is 2.91. The maximum absolute atomic E-state index is 12.1. The molecule has 2 atom stereocenters. The van der Waals surface area contributed by atoms with Crippen LogP contribution in [0.3, 0.4) is 0 Å². The van der Waals surface area contributed by atoms with Crippen molar-refractivity contribution in [1.82, 2.24) is 0 Å². The topological polar surface area (TPSA) is 113 Å². The lowest BCUT2D eigenvalue weighted by atomic mass is 9.99. The van der Waals surface area contributed by atoms with E-state index in [1.807, 2.05) is 36.4 Å². The van der Waals surface area contributed by atoms with Gasteiger partial charge in [0.2, 0.25) is 5.91 Å². The SMILES string of the molecule is COC(=O)CC(=O)Nc1cccc(SC(c2ccc(CCc3ccccc3)cc2)C(O)CCCC(=O)O)c1. The van der Waals surface area contributed by atoms with Crippen molar-refractivity contribution in [2.45, 2.75) is 54.8 Å². The first-order valence-corrected chi connectivity index (χ1v) is 13.4. The monoisotopic (exact) mass is 535 g/mol. The third-order valence-electron chi connectivity index (χ3n) is 6.01. The zero-order chi connectivity index (χ0) is 27.3. The molecule has 0 heterocycles. The molecule has 3 rings (SSSR count). The average molecular weight is 536 g/mol. The molecule has 0 saturated heterocycles. The van der Waals surface area contributed by atoms with Crippen molar-refractivity contribution in [3.63, 3.8) is 0 Å². The van der Waals surface area contributed by atoms with Gasteiger partial charge in [0.15, 0.2) is 0 Å². The number of amides is 1. The number of esters is 1. The summed E-state index contributed by atoms with van der Waals surface area (Å²) in [6.45, 7) is 0. The Morgan fingerprint density at radius 2 is 1.61 bits per heavy atom. The Bertz CT molecular complexity index is 1200. The van der Waals surface area contributed by atoms with Crippen LogP contribution in [0.5, 0.6) is 0 Å². The standard InChI is InChI=1S/C30H33NO6S/c1-37-29(36)20-27(33)31-24-9-5-10-25(19-24)38-30(26(32)11-6-12-28(34)35)23-17-15-22(16-18-23)14-13-21-7-3-2-4-8-21/h2-5,7-10,15-19,26,30,32H,6,11-14,20H2,1H3,(H,31,33)(H,34,35). The van der Waals surface area contributed by atoms with Gasteiger partial charge in [-0.25, -0.2) is 0 Å². The van der Waals surface area contributed by atoms with Crippen molar-refractivity contribution in [2.75, 3.05) is 12.4 Å². The molecule has 38 heavy (non-hydrogen) atoms. The molecule has 3 aromatic rings. The highest BCUT2D eigenvalue weighted by Gasteiger charge is 2.23. The summed E-state index contributed by atoms with van der Waals surface area (Å²) in [6.07, 6.45) is 1.39. The number of aliphatic hydroxyl groups is 1. The van der Waals surface area contributed by atoms with E-state index in [1.165, 1.54) is 30.0 Å². The molecule has 0 aliphatic rings. The molecule has 0 aliphatic heterocycles. The smallest absolute Gasteiger partial charge is 0.315 e. The van der Waals surface area contributed by atoms with Crippen molar-refractivity contribution in [2.24, 2.45) is 0 Å². The van der Waals surface area contributed by atoms with Gasteiger partial charge in [-0.3, -0.25) is 14.4 Å². The minimum absolute atomic E-state index is 0.00538. The molecule has 1 amide bonds. The second-order valence-electron chi connectivity index (χ2n) is 8.95. The Labute approximate surface area is 227 Å². The van der Waals surface area contributed by atoms with E-state index in [0.29, 0.717) is 18.5 Å². The number of hydrogen-bond acceptors (Lipinski definition) is 6. The highest BCUT2D eigenvalue weighted by Crippen LogP contribution is 2.40. The number of thioether (sulfide) groups is 1. The number of aliphatic carboxylic acids is 1. The molecule has 0 fully saturated rings. The number of carbonyl (C=O) groups is 3. The number of carboxylic acids is 1. The molecular formula is C30H33NO6S. The Kier molecular flexibility index (Phi) is 11.4. The first kappa shape index (κ1) is 28.9. The van der Waals surface area contributed by atoms with Crippen LogP contribution in [-0.4, -0.2) is 41.3 Å². The Morgan fingerprint density at radius 3 is 2.26 bits per heavy atom. The highest BCUT2D eigenvalue weighted by atomic mass is 32.2. The summed E-state index contributed by atoms with van der Waals surface area (Å²) in [5.74, 6) is -1.99. The molecule has 3 aromatic carbocycles. The molecule has 0 bridgehead atoms. The summed E-state index contributed by atoms with van der Waals surface area (Å²) in [5.41, 5.74) is 3.93. The molecule has 2 unspecified atom stereocenters. The summed E-state index contributed by atoms with van der Waals surface area (Å²) in [7, 11) is 1.23. The zero-order valence-electron chi connectivity index (χ0n) is 21.3. The minimum atomic E-state index is -0.889. The van der Waals surface area contributed by atoms with Crippen molar-refractivity contribution in [3.8, 4) is 0 Å². The van der Waals surface area contributed by atoms with E-state index in [-0.39, 0.29) is 18.1 Å². The van der Waals surface area contributed by atoms with Crippen molar-refractivity contribution >= 4 is 35.3 Å². The molecule has 0 spiro atoms. The number of benzene rings is 3. The van der Waals surface area contributed by atoms with Crippen molar-refractivity contribution in [1.29, 1.82) is 0 Å². The predicted octanol–water partition coefficient (Wildman–Crippen LogP) is 5.42. The second-order valence-corrected chi connectivity index (χ2v) is 10.2. The van der Waals surface area contributed by atoms with Crippen molar-refractivity contribution < 1.29 is 29.3 Å². The summed E-state index contributed by atoms with van der Waals surface area (Å²) in [5, 5.41) is 22.4. The lowest BCUT2D eigenvalue weighted by molar-refractivity contribution is -0.143. The van der Waals surface area contributed by atoms with Gasteiger partial charge in [-0.15, -0.1) is 11.8 Å². The number of ether oxygens (including phenoxy) is 1. The number of carbonyl (C=O) groups excluding carboxylic acids is 2. The lowest BCUT2D eigenvalue weighted by Gasteiger charge is -2.23. The fraction of sp³-hybridized carbons (Fsp3) is 0.300. The molecule has 3 N–H and O–H groups in total. The molecule has 8 heteroatoms. The first-order valence-electron chi connectivity index (χ1n) is 12.5.